The Morgan fingerprint density at radius 3 is 2.50 bits per heavy atom. The van der Waals surface area contributed by atoms with Gasteiger partial charge in [0.25, 0.3) is 0 Å². The number of nitrogens with zero attached hydrogens (tertiary/aromatic N) is 3. The maximum Gasteiger partial charge on any atom is 0.332 e. The summed E-state index contributed by atoms with van der Waals surface area (Å²) in [5, 5.41) is 4.54. The first-order valence-corrected chi connectivity index (χ1v) is 13.2. The minimum Gasteiger partial charge on any atom is -0.458 e. The van der Waals surface area contributed by atoms with Crippen molar-refractivity contribution in [3.8, 4) is 11.1 Å². The van der Waals surface area contributed by atoms with E-state index in [2.05, 4.69) is 40.0 Å². The molecule has 0 unspecified atom stereocenters. The van der Waals surface area contributed by atoms with Crippen molar-refractivity contribution < 1.29 is 18.8 Å². The highest BCUT2D eigenvalue weighted by Crippen LogP contribution is 2.37. The molecule has 38 heavy (non-hydrogen) atoms. The molecule has 0 aliphatic rings. The monoisotopic (exact) mass is 537 g/mol. The lowest BCUT2D eigenvalue weighted by atomic mass is 10.0. The summed E-state index contributed by atoms with van der Waals surface area (Å²) in [5.74, 6) is 0.428. The average molecular weight is 538 g/mol. The molecule has 0 radical (unpaired) electrons. The largest absolute Gasteiger partial charge is 0.458 e. The van der Waals surface area contributed by atoms with E-state index in [1.54, 1.807) is 6.07 Å². The summed E-state index contributed by atoms with van der Waals surface area (Å²) in [4.78, 5) is 17.6. The standard InChI is InChI=1S/C30H36ClN3O4/c1-20-11-12-23(29-21(2)33-38-22(29)3)17-27(20)34(24-13-14-26(32-7)25(31)18-24)15-9-8-10-16-36-19-28(35)37-30(4,5)6/h11-14,17-18H,8-10,15-16,19H2,1-6H3. The fourth-order valence-electron chi connectivity index (χ4n) is 4.27. The lowest BCUT2D eigenvalue weighted by molar-refractivity contribution is -0.160. The lowest BCUT2D eigenvalue weighted by Gasteiger charge is -2.28. The Morgan fingerprint density at radius 2 is 1.87 bits per heavy atom. The van der Waals surface area contributed by atoms with Crippen molar-refractivity contribution >= 4 is 34.6 Å². The van der Waals surface area contributed by atoms with Crippen LogP contribution in [0.5, 0.6) is 0 Å². The fourth-order valence-corrected chi connectivity index (χ4v) is 4.49. The van der Waals surface area contributed by atoms with Crippen LogP contribution >= 0.6 is 11.6 Å². The zero-order valence-corrected chi connectivity index (χ0v) is 23.8. The molecule has 3 aromatic rings. The Kier molecular flexibility index (Phi) is 9.96. The van der Waals surface area contributed by atoms with Crippen molar-refractivity contribution in [3.63, 3.8) is 0 Å². The van der Waals surface area contributed by atoms with E-state index in [0.29, 0.717) is 17.3 Å². The zero-order valence-electron chi connectivity index (χ0n) is 23.1. The average Bonchev–Trinajstić information content (AvgIpc) is 3.18. The predicted molar refractivity (Wildman–Crippen MR) is 151 cm³/mol. The third-order valence-electron chi connectivity index (χ3n) is 6.00. The minimum atomic E-state index is -0.513. The Hall–Kier alpha value is -3.34. The number of benzene rings is 2. The number of aromatic nitrogens is 1. The SMILES string of the molecule is [C-]#[N+]c1ccc(N(CCCCCOCC(=O)OC(C)(C)C)c2cc(-c3c(C)noc3C)ccc2C)cc1Cl. The molecule has 0 spiro atoms. The fraction of sp³-hybridized carbons (Fsp3) is 0.433. The molecule has 0 saturated heterocycles. The Bertz CT molecular complexity index is 1280. The van der Waals surface area contributed by atoms with Gasteiger partial charge in [0.1, 0.15) is 18.0 Å². The molecule has 7 nitrogen and oxygen atoms in total. The van der Waals surface area contributed by atoms with Crippen molar-refractivity contribution in [1.82, 2.24) is 5.16 Å². The highest BCUT2D eigenvalue weighted by Gasteiger charge is 2.18. The number of hydrogen-bond donors (Lipinski definition) is 0. The third-order valence-corrected chi connectivity index (χ3v) is 6.30. The molecule has 0 aliphatic heterocycles. The number of ether oxygens (including phenoxy) is 2. The van der Waals surface area contributed by atoms with Gasteiger partial charge in [0, 0.05) is 35.1 Å². The number of carbonyl (C=O) groups is 1. The quantitative estimate of drug-likeness (QED) is 0.140. The van der Waals surface area contributed by atoms with Gasteiger partial charge >= 0.3 is 5.97 Å². The number of esters is 1. The number of rotatable bonds is 11. The summed E-state index contributed by atoms with van der Waals surface area (Å²) >= 11 is 6.42. The summed E-state index contributed by atoms with van der Waals surface area (Å²) in [7, 11) is 0. The number of aryl methyl sites for hydroxylation is 3. The first-order valence-electron chi connectivity index (χ1n) is 12.8. The van der Waals surface area contributed by atoms with Crippen LogP contribution in [0.4, 0.5) is 17.1 Å². The molecule has 3 rings (SSSR count). The van der Waals surface area contributed by atoms with Crippen LogP contribution in [-0.4, -0.2) is 36.5 Å². The second-order valence-electron chi connectivity index (χ2n) is 10.3. The maximum absolute atomic E-state index is 11.8. The first kappa shape index (κ1) is 29.2. The van der Waals surface area contributed by atoms with Crippen molar-refractivity contribution in [2.75, 3.05) is 24.7 Å². The van der Waals surface area contributed by atoms with Crippen LogP contribution in [0, 0.1) is 27.3 Å². The number of hydrogen-bond acceptors (Lipinski definition) is 6. The van der Waals surface area contributed by atoms with E-state index < -0.39 is 5.60 Å². The molecule has 0 aliphatic carbocycles. The van der Waals surface area contributed by atoms with Gasteiger partial charge in [-0.05, 0) is 90.1 Å². The van der Waals surface area contributed by atoms with Gasteiger partial charge in [-0.3, -0.25) is 0 Å². The Balaban J connectivity index is 1.74. The summed E-state index contributed by atoms with van der Waals surface area (Å²) in [5.41, 5.74) is 5.88. The molecule has 202 valence electrons. The molecule has 0 amide bonds. The molecule has 0 atom stereocenters. The van der Waals surface area contributed by atoms with E-state index in [0.717, 1.165) is 65.3 Å². The van der Waals surface area contributed by atoms with Gasteiger partial charge in [0.2, 0.25) is 5.69 Å². The van der Waals surface area contributed by atoms with E-state index in [9.17, 15) is 4.79 Å². The van der Waals surface area contributed by atoms with Crippen LogP contribution in [-0.2, 0) is 14.3 Å². The van der Waals surface area contributed by atoms with Gasteiger partial charge in [-0.2, -0.15) is 0 Å². The van der Waals surface area contributed by atoms with E-state index in [-0.39, 0.29) is 12.6 Å². The van der Waals surface area contributed by atoms with Crippen LogP contribution in [0.1, 0.15) is 57.1 Å². The second kappa shape index (κ2) is 12.9. The van der Waals surface area contributed by atoms with Crippen LogP contribution in [0.15, 0.2) is 40.9 Å². The summed E-state index contributed by atoms with van der Waals surface area (Å²) in [6, 6.07) is 11.9. The zero-order chi connectivity index (χ0) is 27.9. The van der Waals surface area contributed by atoms with E-state index >= 15 is 0 Å². The highest BCUT2D eigenvalue weighted by atomic mass is 35.5. The highest BCUT2D eigenvalue weighted by molar-refractivity contribution is 6.33. The molecule has 0 saturated carbocycles. The van der Waals surface area contributed by atoms with Crippen molar-refractivity contribution in [1.29, 1.82) is 0 Å². The summed E-state index contributed by atoms with van der Waals surface area (Å²) < 4.78 is 16.2. The van der Waals surface area contributed by atoms with E-state index in [1.807, 2.05) is 46.8 Å². The smallest absolute Gasteiger partial charge is 0.332 e. The number of anilines is 2. The molecule has 1 heterocycles. The third kappa shape index (κ3) is 7.83. The molecular weight excluding hydrogens is 502 g/mol. The van der Waals surface area contributed by atoms with Gasteiger partial charge in [-0.15, -0.1) is 0 Å². The number of carbonyl (C=O) groups excluding carboxylic acids is 1. The minimum absolute atomic E-state index is 0.0387. The van der Waals surface area contributed by atoms with Crippen LogP contribution in [0.25, 0.3) is 16.0 Å². The van der Waals surface area contributed by atoms with Gasteiger partial charge in [0.05, 0.1) is 12.3 Å². The lowest BCUT2D eigenvalue weighted by Crippen LogP contribution is -2.26. The normalized spacial score (nSPS) is 11.3. The van der Waals surface area contributed by atoms with Gasteiger partial charge in [0.15, 0.2) is 0 Å². The van der Waals surface area contributed by atoms with Crippen LogP contribution in [0.2, 0.25) is 5.02 Å². The van der Waals surface area contributed by atoms with Crippen molar-refractivity contribution in [2.45, 2.75) is 66.4 Å². The molecular formula is C30H36ClN3O4. The van der Waals surface area contributed by atoms with E-state index in [1.165, 1.54) is 0 Å². The summed E-state index contributed by atoms with van der Waals surface area (Å²) in [6.07, 6.45) is 2.64. The van der Waals surface area contributed by atoms with Crippen molar-refractivity contribution in [3.05, 3.63) is 69.9 Å². The second-order valence-corrected chi connectivity index (χ2v) is 10.7. The summed E-state index contributed by atoms with van der Waals surface area (Å²) in [6.45, 7) is 20.0. The van der Waals surface area contributed by atoms with Crippen LogP contribution in [0.3, 0.4) is 0 Å². The molecule has 8 heteroatoms. The predicted octanol–water partition coefficient (Wildman–Crippen LogP) is 8.14. The molecule has 0 fully saturated rings. The number of halogens is 1. The van der Waals surface area contributed by atoms with Gasteiger partial charge in [-0.25, -0.2) is 9.64 Å². The topological polar surface area (TPSA) is 69.2 Å². The maximum atomic E-state index is 11.8. The Morgan fingerprint density at radius 1 is 1.11 bits per heavy atom. The molecule has 2 aromatic carbocycles. The Labute approximate surface area is 230 Å². The number of unbranched alkanes of at least 4 members (excludes halogenated alkanes) is 2. The van der Waals surface area contributed by atoms with Crippen LogP contribution < -0.4 is 4.90 Å². The van der Waals surface area contributed by atoms with E-state index in [4.69, 9.17) is 32.2 Å². The first-order chi connectivity index (χ1) is 18.0. The van der Waals surface area contributed by atoms with Crippen molar-refractivity contribution in [2.24, 2.45) is 0 Å². The molecule has 1 aromatic heterocycles. The van der Waals surface area contributed by atoms with Gasteiger partial charge in [-0.1, -0.05) is 35.0 Å². The molecule has 0 bridgehead atoms. The van der Waals surface area contributed by atoms with Gasteiger partial charge < -0.3 is 18.9 Å². The molecule has 0 N–H and O–H groups in total.